The molecule has 2 rings (SSSR count). The van der Waals surface area contributed by atoms with Crippen LogP contribution in [0.1, 0.15) is 20.8 Å². The van der Waals surface area contributed by atoms with Crippen LogP contribution in [-0.2, 0) is 44.7 Å². The maximum Gasteiger partial charge on any atom is 0.328 e. The van der Waals surface area contributed by atoms with Crippen molar-refractivity contribution in [1.82, 2.24) is 14.9 Å². The highest BCUT2D eigenvalue weighted by Crippen LogP contribution is 2.28. The second-order valence-electron chi connectivity index (χ2n) is 6.92. The summed E-state index contributed by atoms with van der Waals surface area (Å²) in [5.41, 5.74) is -2.39. The van der Waals surface area contributed by atoms with Gasteiger partial charge in [0.1, 0.15) is 19.3 Å². The summed E-state index contributed by atoms with van der Waals surface area (Å²) < 4.78 is 49.2. The number of amides is 1. The number of esters is 3. The highest BCUT2D eigenvalue weighted by atomic mass is 19.1. The third-order valence-electron chi connectivity index (χ3n) is 4.25. The number of halogens is 2. The Morgan fingerprint density at radius 2 is 1.70 bits per heavy atom. The minimum absolute atomic E-state index is 0.483. The third-order valence-corrected chi connectivity index (χ3v) is 4.25. The average molecular weight is 477 g/mol. The standard InChI is InChI=1S/C18H21F2N3O10/c1-7(24)30-6-11-14(31-8(2)25)15(32-9(3)26)13(20)17(33-11)21-12(27)5-23-4-10(19)16(28)22-18(23)29/h4,11,13-15,17H,5-6H2,1-3H3,(H,21,27)(H,22,28,29)/t11-,13-,14-,15-,17-/m1/s1. The zero-order valence-electron chi connectivity index (χ0n) is 17.7. The van der Waals surface area contributed by atoms with Crippen molar-refractivity contribution < 1.29 is 46.9 Å². The van der Waals surface area contributed by atoms with Crippen molar-refractivity contribution in [1.29, 1.82) is 0 Å². The second kappa shape index (κ2) is 10.8. The van der Waals surface area contributed by atoms with Gasteiger partial charge < -0.3 is 24.3 Å². The second-order valence-corrected chi connectivity index (χ2v) is 6.92. The Hall–Kier alpha value is -3.62. The fourth-order valence-corrected chi connectivity index (χ4v) is 2.97. The molecule has 0 spiro atoms. The van der Waals surface area contributed by atoms with Crippen molar-refractivity contribution in [3.05, 3.63) is 32.9 Å². The van der Waals surface area contributed by atoms with E-state index in [1.165, 1.54) is 0 Å². The molecule has 1 aliphatic heterocycles. The van der Waals surface area contributed by atoms with E-state index in [2.05, 4.69) is 5.32 Å². The quantitative estimate of drug-likeness (QED) is 0.340. The Labute approximate surface area is 183 Å². The molecule has 0 aliphatic carbocycles. The summed E-state index contributed by atoms with van der Waals surface area (Å²) in [5, 5.41) is 2.09. The van der Waals surface area contributed by atoms with Gasteiger partial charge in [-0.2, -0.15) is 4.39 Å². The minimum Gasteiger partial charge on any atom is -0.463 e. The molecule has 182 valence electrons. The van der Waals surface area contributed by atoms with E-state index in [1.807, 2.05) is 0 Å². The van der Waals surface area contributed by atoms with Crippen LogP contribution >= 0.6 is 0 Å². The highest BCUT2D eigenvalue weighted by molar-refractivity contribution is 5.76. The number of aromatic amines is 1. The van der Waals surface area contributed by atoms with Gasteiger partial charge in [-0.15, -0.1) is 0 Å². The van der Waals surface area contributed by atoms with Gasteiger partial charge in [-0.3, -0.25) is 33.5 Å². The molecular formula is C18H21F2N3O10. The number of hydrogen-bond acceptors (Lipinski definition) is 10. The molecule has 1 amide bonds. The lowest BCUT2D eigenvalue weighted by molar-refractivity contribution is -0.239. The molecule has 0 bridgehead atoms. The van der Waals surface area contributed by atoms with Crippen molar-refractivity contribution >= 4 is 23.8 Å². The van der Waals surface area contributed by atoms with E-state index in [-0.39, 0.29) is 0 Å². The van der Waals surface area contributed by atoms with E-state index in [0.717, 1.165) is 20.8 Å². The zero-order valence-corrected chi connectivity index (χ0v) is 17.7. The predicted octanol–water partition coefficient (Wildman–Crippen LogP) is -1.72. The highest BCUT2D eigenvalue weighted by Gasteiger charge is 2.51. The van der Waals surface area contributed by atoms with Crippen LogP contribution in [0.2, 0.25) is 0 Å². The smallest absolute Gasteiger partial charge is 0.328 e. The molecule has 1 aromatic rings. The van der Waals surface area contributed by atoms with Crippen molar-refractivity contribution in [2.45, 2.75) is 58.0 Å². The number of carbonyl (C=O) groups excluding carboxylic acids is 4. The normalized spacial score (nSPS) is 24.5. The summed E-state index contributed by atoms with van der Waals surface area (Å²) in [5.74, 6) is -4.93. The minimum atomic E-state index is -2.26. The van der Waals surface area contributed by atoms with E-state index in [1.54, 1.807) is 4.98 Å². The van der Waals surface area contributed by atoms with Crippen molar-refractivity contribution in [2.24, 2.45) is 0 Å². The number of nitrogens with one attached hydrogen (secondary N) is 2. The van der Waals surface area contributed by atoms with Gasteiger partial charge in [-0.1, -0.05) is 0 Å². The molecule has 1 aliphatic rings. The van der Waals surface area contributed by atoms with Gasteiger partial charge in [0, 0.05) is 20.8 Å². The molecule has 1 aromatic heterocycles. The molecule has 2 heterocycles. The molecule has 1 fully saturated rings. The Balaban J connectivity index is 2.26. The fourth-order valence-electron chi connectivity index (χ4n) is 2.97. The summed E-state index contributed by atoms with van der Waals surface area (Å²) in [6, 6.07) is 0. The maximum atomic E-state index is 15.1. The monoisotopic (exact) mass is 477 g/mol. The lowest BCUT2D eigenvalue weighted by Crippen LogP contribution is -2.64. The van der Waals surface area contributed by atoms with Crippen molar-refractivity contribution in [2.75, 3.05) is 6.61 Å². The van der Waals surface area contributed by atoms with E-state index >= 15 is 4.39 Å². The molecule has 5 atom stereocenters. The summed E-state index contributed by atoms with van der Waals surface area (Å²) in [6.45, 7) is 1.67. The predicted molar refractivity (Wildman–Crippen MR) is 101 cm³/mol. The molecule has 0 saturated carbocycles. The van der Waals surface area contributed by atoms with Crippen LogP contribution in [0.3, 0.4) is 0 Å². The van der Waals surface area contributed by atoms with E-state index < -0.39 is 84.7 Å². The molecule has 1 saturated heterocycles. The SMILES string of the molecule is CC(=O)OC[C@H]1O[C@@H](NC(=O)Cn2cc(F)c(=O)[nH]c2=O)[C@H](F)[C@@H](OC(C)=O)[C@@H]1OC(C)=O. The number of hydrogen-bond donors (Lipinski definition) is 2. The summed E-state index contributed by atoms with van der Waals surface area (Å²) in [6.07, 6.45) is -8.22. The van der Waals surface area contributed by atoms with E-state index in [4.69, 9.17) is 18.9 Å². The van der Waals surface area contributed by atoms with Crippen LogP contribution < -0.4 is 16.6 Å². The summed E-state index contributed by atoms with van der Waals surface area (Å²) >= 11 is 0. The molecule has 2 N–H and O–H groups in total. The fraction of sp³-hybridized carbons (Fsp3) is 0.556. The first-order valence-corrected chi connectivity index (χ1v) is 9.45. The molecule has 0 radical (unpaired) electrons. The van der Waals surface area contributed by atoms with Crippen molar-refractivity contribution in [3.8, 4) is 0 Å². The number of H-pyrrole nitrogens is 1. The first kappa shape index (κ1) is 25.6. The van der Waals surface area contributed by atoms with Gasteiger partial charge in [0.15, 0.2) is 24.6 Å². The molecule has 0 unspecified atom stereocenters. The summed E-state index contributed by atoms with van der Waals surface area (Å²) in [4.78, 5) is 70.9. The number of alkyl halides is 1. The molecule has 13 nitrogen and oxygen atoms in total. The van der Waals surface area contributed by atoms with Gasteiger partial charge in [0.05, 0.1) is 6.20 Å². The van der Waals surface area contributed by atoms with Crippen LogP contribution in [0.4, 0.5) is 8.78 Å². The number of rotatable bonds is 7. The lowest BCUT2D eigenvalue weighted by atomic mass is 9.98. The Morgan fingerprint density at radius 1 is 1.09 bits per heavy atom. The van der Waals surface area contributed by atoms with Gasteiger partial charge in [0.2, 0.25) is 11.7 Å². The topological polar surface area (TPSA) is 172 Å². The molecule has 33 heavy (non-hydrogen) atoms. The van der Waals surface area contributed by atoms with Gasteiger partial charge in [-0.25, -0.2) is 9.18 Å². The van der Waals surface area contributed by atoms with Gasteiger partial charge >= 0.3 is 23.6 Å². The van der Waals surface area contributed by atoms with Gasteiger partial charge in [-0.05, 0) is 0 Å². The van der Waals surface area contributed by atoms with Crippen LogP contribution in [-0.4, -0.2) is 70.7 Å². The van der Waals surface area contributed by atoms with Gasteiger partial charge in [0.25, 0.3) is 5.56 Å². The first-order valence-electron chi connectivity index (χ1n) is 9.45. The number of nitrogens with zero attached hydrogens (tertiary/aromatic N) is 1. The number of ether oxygens (including phenoxy) is 4. The lowest BCUT2D eigenvalue weighted by Gasteiger charge is -2.42. The van der Waals surface area contributed by atoms with Crippen LogP contribution in [0, 0.1) is 5.82 Å². The Kier molecular flexibility index (Phi) is 8.39. The summed E-state index contributed by atoms with van der Waals surface area (Å²) in [7, 11) is 0. The van der Waals surface area contributed by atoms with Crippen LogP contribution in [0.15, 0.2) is 15.8 Å². The molecule has 0 aromatic carbocycles. The zero-order chi connectivity index (χ0) is 24.9. The Bertz CT molecular complexity index is 1040. The maximum absolute atomic E-state index is 15.1. The van der Waals surface area contributed by atoms with Crippen LogP contribution in [0.5, 0.6) is 0 Å². The van der Waals surface area contributed by atoms with Crippen molar-refractivity contribution in [3.63, 3.8) is 0 Å². The van der Waals surface area contributed by atoms with Crippen LogP contribution in [0.25, 0.3) is 0 Å². The largest absolute Gasteiger partial charge is 0.463 e. The Morgan fingerprint density at radius 3 is 2.27 bits per heavy atom. The third kappa shape index (κ3) is 6.93. The number of carbonyl (C=O) groups is 4. The van der Waals surface area contributed by atoms with E-state index in [9.17, 15) is 33.2 Å². The first-order chi connectivity index (χ1) is 15.4. The molecule has 15 heteroatoms. The van der Waals surface area contributed by atoms with E-state index in [0.29, 0.717) is 10.8 Å². The molecular weight excluding hydrogens is 456 g/mol. The number of aromatic nitrogens is 2. The average Bonchev–Trinajstić information content (AvgIpc) is 2.69.